The van der Waals surface area contributed by atoms with Crippen LogP contribution < -0.4 is 9.47 Å². The summed E-state index contributed by atoms with van der Waals surface area (Å²) in [4.78, 5) is 37.8. The Morgan fingerprint density at radius 1 is 1.11 bits per heavy atom. The number of carboxylic acid groups (broad SMARTS) is 2. The number of carbonyl (C=O) groups excluding carboxylic acids is 1. The number of benzene rings is 1. The number of fused-ring (bicyclic) bond motifs is 1. The van der Waals surface area contributed by atoms with Crippen LogP contribution in [0.1, 0.15) is 52.2 Å². The Kier molecular flexibility index (Phi) is 7.06. The minimum absolute atomic E-state index is 0.00812. The Labute approximate surface area is 203 Å². The van der Waals surface area contributed by atoms with E-state index in [-0.39, 0.29) is 44.3 Å². The van der Waals surface area contributed by atoms with Crippen molar-refractivity contribution < 1.29 is 38.8 Å². The molecule has 190 valence electrons. The average Bonchev–Trinajstić information content (AvgIpc) is 3.34. The number of amides is 2. The largest absolute Gasteiger partial charge is 0.466 e. The van der Waals surface area contributed by atoms with Crippen LogP contribution in [0.15, 0.2) is 12.1 Å². The fraction of sp³-hybridized carbons (Fsp3) is 0.583. The Bertz CT molecular complexity index is 1070. The van der Waals surface area contributed by atoms with Gasteiger partial charge in [0.2, 0.25) is 6.79 Å². The van der Waals surface area contributed by atoms with Crippen LogP contribution in [0.5, 0.6) is 11.5 Å². The molecule has 0 bridgehead atoms. The van der Waals surface area contributed by atoms with Crippen molar-refractivity contribution in [3.8, 4) is 17.6 Å². The molecule has 1 fully saturated rings. The number of carbonyl (C=O) groups is 3. The van der Waals surface area contributed by atoms with Crippen LogP contribution in [0.3, 0.4) is 0 Å². The Balaban J connectivity index is 2.32. The third-order valence-corrected chi connectivity index (χ3v) is 7.32. The third kappa shape index (κ3) is 4.07. The van der Waals surface area contributed by atoms with Crippen molar-refractivity contribution in [1.29, 1.82) is 5.26 Å². The number of hydrogen-bond acceptors (Lipinski definition) is 7. The number of esters is 1. The summed E-state index contributed by atoms with van der Waals surface area (Å²) in [6, 6.07) is 5.29. The van der Waals surface area contributed by atoms with Crippen molar-refractivity contribution in [1.82, 2.24) is 10.0 Å². The van der Waals surface area contributed by atoms with Crippen LogP contribution in [-0.4, -0.2) is 63.9 Å². The molecule has 2 aliphatic rings. The van der Waals surface area contributed by atoms with E-state index in [1.54, 1.807) is 26.8 Å². The summed E-state index contributed by atoms with van der Waals surface area (Å²) in [6.45, 7) is 8.84. The van der Waals surface area contributed by atoms with Gasteiger partial charge in [0.15, 0.2) is 11.5 Å². The molecule has 0 spiro atoms. The predicted molar refractivity (Wildman–Crippen MR) is 122 cm³/mol. The quantitative estimate of drug-likeness (QED) is 0.546. The van der Waals surface area contributed by atoms with Crippen molar-refractivity contribution in [2.24, 2.45) is 17.3 Å². The molecule has 2 amide bonds. The Morgan fingerprint density at radius 3 is 2.23 bits per heavy atom. The van der Waals surface area contributed by atoms with E-state index in [9.17, 15) is 29.9 Å². The first-order valence-corrected chi connectivity index (χ1v) is 11.5. The summed E-state index contributed by atoms with van der Waals surface area (Å²) in [5, 5.41) is 31.8. The molecule has 2 N–H and O–H groups in total. The molecule has 0 unspecified atom stereocenters. The molecular formula is C24H31N3O8. The first kappa shape index (κ1) is 25.9. The molecule has 2 aliphatic heterocycles. The summed E-state index contributed by atoms with van der Waals surface area (Å²) in [5.74, 6) is -0.528. The lowest BCUT2D eigenvalue weighted by Crippen LogP contribution is -2.64. The lowest BCUT2D eigenvalue weighted by molar-refractivity contribution is -0.150. The molecule has 0 aliphatic carbocycles. The van der Waals surface area contributed by atoms with E-state index in [4.69, 9.17) is 14.2 Å². The summed E-state index contributed by atoms with van der Waals surface area (Å²) < 4.78 is 16.1. The zero-order valence-corrected chi connectivity index (χ0v) is 20.5. The number of ether oxygens (including phenoxy) is 3. The van der Waals surface area contributed by atoms with Crippen LogP contribution in [0.25, 0.3) is 0 Å². The third-order valence-electron chi connectivity index (χ3n) is 7.32. The summed E-state index contributed by atoms with van der Waals surface area (Å²) in [5.41, 5.74) is -1.86. The summed E-state index contributed by atoms with van der Waals surface area (Å²) >= 11 is 0. The fourth-order valence-corrected chi connectivity index (χ4v) is 5.69. The first-order chi connectivity index (χ1) is 16.4. The molecule has 1 saturated heterocycles. The van der Waals surface area contributed by atoms with Crippen LogP contribution >= 0.6 is 0 Å². The minimum Gasteiger partial charge on any atom is -0.466 e. The molecule has 0 saturated carbocycles. The van der Waals surface area contributed by atoms with Gasteiger partial charge in [-0.3, -0.25) is 4.79 Å². The molecule has 1 aromatic rings. The van der Waals surface area contributed by atoms with Gasteiger partial charge in [-0.1, -0.05) is 27.7 Å². The van der Waals surface area contributed by atoms with E-state index in [0.29, 0.717) is 17.1 Å². The molecule has 0 radical (unpaired) electrons. The molecule has 11 heteroatoms. The molecule has 2 heterocycles. The van der Waals surface area contributed by atoms with Gasteiger partial charge in [-0.25, -0.2) is 19.6 Å². The highest BCUT2D eigenvalue weighted by Gasteiger charge is 2.68. The maximum Gasteiger partial charge on any atom is 0.427 e. The van der Waals surface area contributed by atoms with Crippen LogP contribution in [0, 0.1) is 28.6 Å². The maximum absolute atomic E-state index is 12.9. The first-order valence-electron chi connectivity index (χ1n) is 11.5. The molecule has 3 rings (SSSR count). The lowest BCUT2D eigenvalue weighted by atomic mass is 9.55. The zero-order valence-electron chi connectivity index (χ0n) is 20.5. The van der Waals surface area contributed by atoms with Gasteiger partial charge >= 0.3 is 18.2 Å². The van der Waals surface area contributed by atoms with Gasteiger partial charge in [-0.05, 0) is 30.4 Å². The second kappa shape index (κ2) is 9.52. The Hall–Kier alpha value is -3.68. The van der Waals surface area contributed by atoms with Gasteiger partial charge in [0.05, 0.1) is 36.7 Å². The SMILES string of the molecule is CCOC(=O)C[C@]1(C(C)C)CN(C(=O)O)N(C(=O)O)[C@]1(Cc1cc2c(cc1C#N)OCO2)C(C)C. The van der Waals surface area contributed by atoms with Gasteiger partial charge in [-0.15, -0.1) is 0 Å². The molecular weight excluding hydrogens is 458 g/mol. The van der Waals surface area contributed by atoms with Crippen LogP contribution in [0.4, 0.5) is 9.59 Å². The highest BCUT2D eigenvalue weighted by Crippen LogP contribution is 2.57. The highest BCUT2D eigenvalue weighted by atomic mass is 16.7. The van der Waals surface area contributed by atoms with Gasteiger partial charge < -0.3 is 24.4 Å². The number of hydrazine groups is 1. The smallest absolute Gasteiger partial charge is 0.427 e. The fourth-order valence-electron chi connectivity index (χ4n) is 5.69. The highest BCUT2D eigenvalue weighted by molar-refractivity contribution is 5.76. The molecule has 35 heavy (non-hydrogen) atoms. The van der Waals surface area contributed by atoms with Crippen molar-refractivity contribution in [3.63, 3.8) is 0 Å². The summed E-state index contributed by atoms with van der Waals surface area (Å²) in [7, 11) is 0. The Morgan fingerprint density at radius 2 is 1.74 bits per heavy atom. The minimum atomic E-state index is -1.47. The molecule has 2 atom stereocenters. The van der Waals surface area contributed by atoms with E-state index in [0.717, 1.165) is 10.0 Å². The number of nitriles is 1. The van der Waals surface area contributed by atoms with Gasteiger partial charge in [-0.2, -0.15) is 5.26 Å². The molecule has 0 aromatic heterocycles. The van der Waals surface area contributed by atoms with Crippen molar-refractivity contribution in [2.75, 3.05) is 19.9 Å². The number of nitrogens with zero attached hydrogens (tertiary/aromatic N) is 3. The topological polar surface area (TPSA) is 150 Å². The maximum atomic E-state index is 12.9. The van der Waals surface area contributed by atoms with Crippen molar-refractivity contribution >= 4 is 18.2 Å². The normalized spacial score (nSPS) is 23.0. The van der Waals surface area contributed by atoms with Crippen LogP contribution in [0.2, 0.25) is 0 Å². The van der Waals surface area contributed by atoms with Gasteiger partial charge in [0, 0.05) is 17.9 Å². The number of rotatable bonds is 7. The number of hydrogen-bond donors (Lipinski definition) is 2. The van der Waals surface area contributed by atoms with E-state index in [2.05, 4.69) is 6.07 Å². The zero-order chi connectivity index (χ0) is 26.1. The van der Waals surface area contributed by atoms with Crippen LogP contribution in [-0.2, 0) is 16.0 Å². The van der Waals surface area contributed by atoms with Crippen molar-refractivity contribution in [2.45, 2.75) is 53.0 Å². The molecule has 1 aromatic carbocycles. The van der Waals surface area contributed by atoms with E-state index < -0.39 is 35.0 Å². The standard InChI is InChI=1S/C24H31N3O8/c1-6-33-20(28)10-23(14(2)3)12-26(21(29)30)27(22(31)32)24(23,15(4)5)9-16-7-18-19(35-13-34-18)8-17(16)11-25/h7-8,14-15H,6,9-10,12-13H2,1-5H3,(H,29,30)(H,31,32)/t23-,24-/m1/s1. The predicted octanol–water partition coefficient (Wildman–Crippen LogP) is 3.71. The second-order valence-corrected chi connectivity index (χ2v) is 9.46. The van der Waals surface area contributed by atoms with Gasteiger partial charge in [0.1, 0.15) is 0 Å². The van der Waals surface area contributed by atoms with Gasteiger partial charge in [0.25, 0.3) is 0 Å². The van der Waals surface area contributed by atoms with E-state index in [1.807, 2.05) is 13.8 Å². The van der Waals surface area contributed by atoms with E-state index in [1.165, 1.54) is 6.07 Å². The molecule has 11 nitrogen and oxygen atoms in total. The van der Waals surface area contributed by atoms with E-state index >= 15 is 0 Å². The van der Waals surface area contributed by atoms with Crippen molar-refractivity contribution in [3.05, 3.63) is 23.3 Å². The monoisotopic (exact) mass is 489 g/mol. The summed E-state index contributed by atoms with van der Waals surface area (Å²) in [6.07, 6.45) is -3.14. The lowest BCUT2D eigenvalue weighted by Gasteiger charge is -2.52. The second-order valence-electron chi connectivity index (χ2n) is 9.46. The average molecular weight is 490 g/mol.